The van der Waals surface area contributed by atoms with Gasteiger partial charge in [-0.05, 0) is 105 Å². The molecule has 158 valence electrons. The lowest BCUT2D eigenvalue weighted by Crippen LogP contribution is -2.55. The zero-order chi connectivity index (χ0) is 20.0. The molecule has 0 bridgehead atoms. The van der Waals surface area contributed by atoms with E-state index in [-0.39, 0.29) is 6.61 Å². The van der Waals surface area contributed by atoms with Crippen LogP contribution < -0.4 is 0 Å². The summed E-state index contributed by atoms with van der Waals surface area (Å²) in [5, 5.41) is 20.1. The molecule has 0 aromatic heterocycles. The summed E-state index contributed by atoms with van der Waals surface area (Å²) in [6.07, 6.45) is 14.1. The zero-order valence-electron chi connectivity index (χ0n) is 18.5. The van der Waals surface area contributed by atoms with E-state index in [0.717, 1.165) is 42.9 Å². The predicted octanol–water partition coefficient (Wildman–Crippen LogP) is 5.56. The molecule has 2 N–H and O–H groups in total. The van der Waals surface area contributed by atoms with E-state index in [2.05, 4.69) is 32.6 Å². The van der Waals surface area contributed by atoms with Gasteiger partial charge in [0, 0.05) is 13.0 Å². The first-order valence-electron chi connectivity index (χ1n) is 12.2. The summed E-state index contributed by atoms with van der Waals surface area (Å²) < 4.78 is 0. The van der Waals surface area contributed by atoms with Crippen LogP contribution in [0.2, 0.25) is 0 Å². The number of hydrogen-bond donors (Lipinski definition) is 2. The van der Waals surface area contributed by atoms with E-state index in [4.69, 9.17) is 5.11 Å². The highest BCUT2D eigenvalue weighted by Crippen LogP contribution is 2.68. The molecule has 0 amide bonds. The summed E-state index contributed by atoms with van der Waals surface area (Å²) in [5.41, 5.74) is 0.233. The molecule has 2 nitrogen and oxygen atoms in total. The van der Waals surface area contributed by atoms with Gasteiger partial charge in [-0.2, -0.15) is 0 Å². The Bertz CT molecular complexity index is 632. The van der Waals surface area contributed by atoms with E-state index in [1.807, 2.05) is 0 Å². The SMILES string of the molecule is CC[C@H]1CC[C@H]2[C@@H]3CC[C@@H]4C[C@@](O)(C#CCCCO)CC[C@]4(C)[C@H]3CC[C@]12C. The van der Waals surface area contributed by atoms with Gasteiger partial charge >= 0.3 is 0 Å². The van der Waals surface area contributed by atoms with Crippen LogP contribution in [-0.4, -0.2) is 22.4 Å². The van der Waals surface area contributed by atoms with Gasteiger partial charge in [0.2, 0.25) is 0 Å². The molecule has 0 radical (unpaired) electrons. The van der Waals surface area contributed by atoms with Crippen molar-refractivity contribution in [1.82, 2.24) is 0 Å². The lowest BCUT2D eigenvalue weighted by Gasteiger charge is -2.61. The monoisotopic (exact) mass is 386 g/mol. The summed E-state index contributed by atoms with van der Waals surface area (Å²) in [6, 6.07) is 0. The zero-order valence-corrected chi connectivity index (χ0v) is 18.5. The molecule has 0 aliphatic heterocycles. The Balaban J connectivity index is 1.49. The van der Waals surface area contributed by atoms with Crippen molar-refractivity contribution in [1.29, 1.82) is 0 Å². The van der Waals surface area contributed by atoms with Crippen molar-refractivity contribution < 1.29 is 10.2 Å². The van der Waals surface area contributed by atoms with Crippen molar-refractivity contribution in [3.05, 3.63) is 0 Å². The number of aliphatic hydroxyl groups excluding tert-OH is 1. The minimum Gasteiger partial charge on any atom is -0.396 e. The average molecular weight is 387 g/mol. The van der Waals surface area contributed by atoms with Crippen molar-refractivity contribution >= 4 is 0 Å². The van der Waals surface area contributed by atoms with Crippen LogP contribution in [0, 0.1) is 52.3 Å². The first-order valence-corrected chi connectivity index (χ1v) is 12.2. The third-order valence-electron chi connectivity index (χ3n) is 10.2. The van der Waals surface area contributed by atoms with Gasteiger partial charge in [-0.3, -0.25) is 0 Å². The first-order chi connectivity index (χ1) is 13.4. The molecule has 4 fully saturated rings. The highest BCUT2D eigenvalue weighted by Gasteiger charge is 2.60. The maximum atomic E-state index is 11.1. The van der Waals surface area contributed by atoms with Gasteiger partial charge in [-0.25, -0.2) is 0 Å². The van der Waals surface area contributed by atoms with Crippen LogP contribution in [0.5, 0.6) is 0 Å². The van der Waals surface area contributed by atoms with E-state index in [9.17, 15) is 5.11 Å². The molecule has 0 aromatic carbocycles. The standard InChI is InChI=1S/C26H42O2/c1-4-19-9-11-22-21-10-8-20-18-26(28,13-6-5-7-17-27)16-15-25(20,3)23(21)12-14-24(19,22)2/h19-23,27-28H,4-5,7-12,14-18H2,1-3H3/t19-,20+,21-,22-,23-,24+,25-,26+/m0/s1. The van der Waals surface area contributed by atoms with Crippen LogP contribution in [0.4, 0.5) is 0 Å². The topological polar surface area (TPSA) is 40.5 Å². The summed E-state index contributed by atoms with van der Waals surface area (Å²) in [7, 11) is 0. The number of hydrogen-bond acceptors (Lipinski definition) is 2. The average Bonchev–Trinajstić information content (AvgIpc) is 3.02. The van der Waals surface area contributed by atoms with Crippen LogP contribution in [-0.2, 0) is 0 Å². The Labute approximate surface area is 172 Å². The van der Waals surface area contributed by atoms with Crippen LogP contribution in [0.15, 0.2) is 0 Å². The van der Waals surface area contributed by atoms with E-state index >= 15 is 0 Å². The second-order valence-electron chi connectivity index (χ2n) is 11.2. The van der Waals surface area contributed by atoms with Crippen LogP contribution in [0.3, 0.4) is 0 Å². The largest absolute Gasteiger partial charge is 0.396 e. The van der Waals surface area contributed by atoms with Crippen molar-refractivity contribution in [2.24, 2.45) is 40.4 Å². The molecule has 0 aromatic rings. The number of rotatable bonds is 3. The van der Waals surface area contributed by atoms with Gasteiger partial charge in [0.25, 0.3) is 0 Å². The summed E-state index contributed by atoms with van der Waals surface area (Å²) >= 11 is 0. The van der Waals surface area contributed by atoms with Crippen molar-refractivity contribution in [3.8, 4) is 11.8 Å². The maximum Gasteiger partial charge on any atom is 0.125 e. The summed E-state index contributed by atoms with van der Waals surface area (Å²) in [6.45, 7) is 7.80. The van der Waals surface area contributed by atoms with Crippen LogP contribution in [0.25, 0.3) is 0 Å². The molecule has 8 atom stereocenters. The van der Waals surface area contributed by atoms with Gasteiger partial charge in [0.15, 0.2) is 0 Å². The molecule has 0 spiro atoms. The number of unbranched alkanes of at least 4 members (excludes halogenated alkanes) is 1. The second kappa shape index (κ2) is 7.63. The molecule has 4 rings (SSSR count). The highest BCUT2D eigenvalue weighted by molar-refractivity contribution is 5.19. The number of fused-ring (bicyclic) bond motifs is 5. The van der Waals surface area contributed by atoms with Gasteiger partial charge in [0.05, 0.1) is 0 Å². The molecule has 2 heteroatoms. The van der Waals surface area contributed by atoms with E-state index < -0.39 is 5.60 Å². The Morgan fingerprint density at radius 1 is 0.929 bits per heavy atom. The molecule has 28 heavy (non-hydrogen) atoms. The molecule has 0 saturated heterocycles. The van der Waals surface area contributed by atoms with Gasteiger partial charge in [-0.15, -0.1) is 5.92 Å². The van der Waals surface area contributed by atoms with Gasteiger partial charge < -0.3 is 10.2 Å². The van der Waals surface area contributed by atoms with E-state index in [1.54, 1.807) is 0 Å². The van der Waals surface area contributed by atoms with Crippen LogP contribution in [0.1, 0.15) is 97.8 Å². The van der Waals surface area contributed by atoms with Crippen molar-refractivity contribution in [2.45, 2.75) is 103 Å². The highest BCUT2D eigenvalue weighted by atomic mass is 16.3. The second-order valence-corrected chi connectivity index (χ2v) is 11.2. The lowest BCUT2D eigenvalue weighted by atomic mass is 9.44. The Morgan fingerprint density at radius 2 is 1.71 bits per heavy atom. The quantitative estimate of drug-likeness (QED) is 0.492. The minimum atomic E-state index is -0.781. The molecular weight excluding hydrogens is 344 g/mol. The maximum absolute atomic E-state index is 11.1. The Morgan fingerprint density at radius 3 is 2.46 bits per heavy atom. The van der Waals surface area contributed by atoms with E-state index in [0.29, 0.717) is 29.6 Å². The molecule has 4 saturated carbocycles. The molecule has 4 aliphatic rings. The normalized spacial score (nSPS) is 50.1. The van der Waals surface area contributed by atoms with Crippen molar-refractivity contribution in [3.63, 3.8) is 0 Å². The first kappa shape index (κ1) is 20.7. The fourth-order valence-electron chi connectivity index (χ4n) is 8.53. The summed E-state index contributed by atoms with van der Waals surface area (Å²) in [4.78, 5) is 0. The van der Waals surface area contributed by atoms with Crippen LogP contribution >= 0.6 is 0 Å². The predicted molar refractivity (Wildman–Crippen MR) is 115 cm³/mol. The molecule has 0 heterocycles. The van der Waals surface area contributed by atoms with Gasteiger partial charge in [-0.1, -0.05) is 33.1 Å². The van der Waals surface area contributed by atoms with Crippen molar-refractivity contribution in [2.75, 3.05) is 6.61 Å². The van der Waals surface area contributed by atoms with E-state index in [1.165, 1.54) is 44.9 Å². The third-order valence-corrected chi connectivity index (χ3v) is 10.2. The molecular formula is C26H42O2. The van der Waals surface area contributed by atoms with Gasteiger partial charge in [0.1, 0.15) is 5.60 Å². The summed E-state index contributed by atoms with van der Waals surface area (Å²) in [5.74, 6) is 10.7. The number of aliphatic hydroxyl groups is 2. The third kappa shape index (κ3) is 3.26. The molecule has 0 unspecified atom stereocenters. The molecule has 4 aliphatic carbocycles. The fourth-order valence-corrected chi connectivity index (χ4v) is 8.53. The smallest absolute Gasteiger partial charge is 0.125 e. The lowest BCUT2D eigenvalue weighted by molar-refractivity contribution is -0.138. The minimum absolute atomic E-state index is 0.190. The Hall–Kier alpha value is -0.520. The fraction of sp³-hybridized carbons (Fsp3) is 0.923. The Kier molecular flexibility index (Phi) is 5.65.